The number of methoxy groups -OCH3 is 1. The standard InChI is InChI=1S/C26H36N6O5/c1-3-37-25(35)31-15-8-20(9-16-31)28-24(34)26(11-13-27-14-12-26)29-23(33)18-32-17-10-22(30-32)19-4-6-21(36-2)7-5-19/h4-7,10,17,20,27H,3,8-9,11-16,18H2,1-2H3,(H,28,34)(H,29,33). The number of hydrogen-bond acceptors (Lipinski definition) is 7. The molecular weight excluding hydrogens is 476 g/mol. The smallest absolute Gasteiger partial charge is 0.409 e. The second kappa shape index (κ2) is 12.1. The summed E-state index contributed by atoms with van der Waals surface area (Å²) in [7, 11) is 1.62. The molecule has 11 heteroatoms. The first-order valence-corrected chi connectivity index (χ1v) is 12.8. The Morgan fingerprint density at radius 1 is 1.11 bits per heavy atom. The third-order valence-electron chi connectivity index (χ3n) is 6.96. The molecule has 0 atom stereocenters. The predicted molar refractivity (Wildman–Crippen MR) is 137 cm³/mol. The lowest BCUT2D eigenvalue weighted by Gasteiger charge is -2.39. The molecule has 2 aliphatic heterocycles. The van der Waals surface area contributed by atoms with E-state index in [1.807, 2.05) is 30.3 Å². The summed E-state index contributed by atoms with van der Waals surface area (Å²) in [5, 5.41) is 13.9. The van der Waals surface area contributed by atoms with Gasteiger partial charge in [0.25, 0.3) is 0 Å². The summed E-state index contributed by atoms with van der Waals surface area (Å²) in [5.41, 5.74) is 0.689. The van der Waals surface area contributed by atoms with E-state index in [0.717, 1.165) is 17.0 Å². The molecule has 11 nitrogen and oxygen atoms in total. The number of amides is 3. The lowest BCUT2D eigenvalue weighted by molar-refractivity contribution is -0.135. The quantitative estimate of drug-likeness (QED) is 0.490. The molecule has 2 fully saturated rings. The highest BCUT2D eigenvalue weighted by molar-refractivity contribution is 5.91. The van der Waals surface area contributed by atoms with Crippen LogP contribution in [0.2, 0.25) is 0 Å². The van der Waals surface area contributed by atoms with Gasteiger partial charge in [0.15, 0.2) is 0 Å². The Morgan fingerprint density at radius 3 is 2.46 bits per heavy atom. The van der Waals surface area contributed by atoms with Gasteiger partial charge in [0.05, 0.1) is 19.4 Å². The van der Waals surface area contributed by atoms with Crippen molar-refractivity contribution in [2.75, 3.05) is 39.9 Å². The average Bonchev–Trinajstić information content (AvgIpc) is 3.38. The largest absolute Gasteiger partial charge is 0.497 e. The van der Waals surface area contributed by atoms with Gasteiger partial charge in [0.1, 0.15) is 17.8 Å². The Hall–Kier alpha value is -3.60. The fourth-order valence-electron chi connectivity index (χ4n) is 4.83. The van der Waals surface area contributed by atoms with Crippen molar-refractivity contribution >= 4 is 17.9 Å². The molecule has 3 heterocycles. The zero-order valence-corrected chi connectivity index (χ0v) is 21.5. The number of hydrogen-bond donors (Lipinski definition) is 3. The number of benzene rings is 1. The number of likely N-dealkylation sites (tertiary alicyclic amines) is 1. The van der Waals surface area contributed by atoms with Gasteiger partial charge >= 0.3 is 6.09 Å². The lowest BCUT2D eigenvalue weighted by atomic mass is 9.86. The van der Waals surface area contributed by atoms with Crippen molar-refractivity contribution in [1.82, 2.24) is 30.6 Å². The van der Waals surface area contributed by atoms with E-state index in [1.165, 1.54) is 0 Å². The Kier molecular flexibility index (Phi) is 8.65. The van der Waals surface area contributed by atoms with Crippen LogP contribution < -0.4 is 20.7 Å². The number of nitrogens with one attached hydrogen (secondary N) is 3. The van der Waals surface area contributed by atoms with E-state index < -0.39 is 5.54 Å². The monoisotopic (exact) mass is 512 g/mol. The number of rotatable bonds is 8. The molecule has 1 aromatic carbocycles. The van der Waals surface area contributed by atoms with E-state index in [4.69, 9.17) is 9.47 Å². The number of piperidine rings is 2. The van der Waals surface area contributed by atoms with Gasteiger partial charge in [-0.3, -0.25) is 14.3 Å². The molecule has 200 valence electrons. The summed E-state index contributed by atoms with van der Waals surface area (Å²) < 4.78 is 11.8. The molecule has 3 amide bonds. The van der Waals surface area contributed by atoms with Gasteiger partial charge < -0.3 is 30.3 Å². The van der Waals surface area contributed by atoms with Crippen molar-refractivity contribution in [3.8, 4) is 17.0 Å². The molecule has 2 aromatic rings. The maximum atomic E-state index is 13.4. The highest BCUT2D eigenvalue weighted by atomic mass is 16.6. The van der Waals surface area contributed by atoms with Gasteiger partial charge in [-0.15, -0.1) is 0 Å². The molecule has 4 rings (SSSR count). The van der Waals surface area contributed by atoms with Gasteiger partial charge in [0, 0.05) is 30.9 Å². The van der Waals surface area contributed by atoms with Crippen LogP contribution in [0, 0.1) is 0 Å². The minimum absolute atomic E-state index is 0.0105. The van der Waals surface area contributed by atoms with Gasteiger partial charge in [-0.25, -0.2) is 4.79 Å². The fraction of sp³-hybridized carbons (Fsp3) is 0.538. The van der Waals surface area contributed by atoms with E-state index >= 15 is 0 Å². The van der Waals surface area contributed by atoms with Crippen LogP contribution in [0.5, 0.6) is 5.75 Å². The molecule has 0 bridgehead atoms. The number of carbonyl (C=O) groups excluding carboxylic acids is 3. The number of aromatic nitrogens is 2. The minimum Gasteiger partial charge on any atom is -0.497 e. The van der Waals surface area contributed by atoms with Crippen molar-refractivity contribution in [3.05, 3.63) is 36.5 Å². The van der Waals surface area contributed by atoms with Crippen LogP contribution in [0.4, 0.5) is 4.79 Å². The van der Waals surface area contributed by atoms with Crippen LogP contribution in [-0.2, 0) is 20.9 Å². The highest BCUT2D eigenvalue weighted by Gasteiger charge is 2.42. The van der Waals surface area contributed by atoms with Crippen molar-refractivity contribution in [1.29, 1.82) is 0 Å². The Morgan fingerprint density at radius 2 is 1.81 bits per heavy atom. The zero-order valence-electron chi connectivity index (χ0n) is 21.5. The SMILES string of the molecule is CCOC(=O)N1CCC(NC(=O)C2(NC(=O)Cn3ccc(-c4ccc(OC)cc4)n3)CCNCC2)CC1. The van der Waals surface area contributed by atoms with Crippen LogP contribution >= 0.6 is 0 Å². The molecule has 1 aromatic heterocycles. The van der Waals surface area contributed by atoms with Gasteiger partial charge in [-0.2, -0.15) is 5.10 Å². The number of nitrogens with zero attached hydrogens (tertiary/aromatic N) is 3. The van der Waals surface area contributed by atoms with E-state index in [2.05, 4.69) is 21.0 Å². The van der Waals surface area contributed by atoms with E-state index in [-0.39, 0.29) is 30.5 Å². The number of carbonyl (C=O) groups is 3. The maximum absolute atomic E-state index is 13.4. The average molecular weight is 513 g/mol. The Labute approximate surface area is 216 Å². The molecule has 2 aliphatic rings. The molecule has 0 saturated carbocycles. The molecule has 3 N–H and O–H groups in total. The summed E-state index contributed by atoms with van der Waals surface area (Å²) in [6, 6.07) is 9.35. The zero-order chi connectivity index (χ0) is 26.3. The van der Waals surface area contributed by atoms with Crippen molar-refractivity contribution < 1.29 is 23.9 Å². The summed E-state index contributed by atoms with van der Waals surface area (Å²) in [6.07, 6.45) is 3.74. The normalized spacial score (nSPS) is 17.6. The molecule has 37 heavy (non-hydrogen) atoms. The van der Waals surface area contributed by atoms with Crippen LogP contribution in [-0.4, -0.2) is 84.1 Å². The van der Waals surface area contributed by atoms with Gasteiger partial charge in [-0.05, 0) is 76.0 Å². The Balaban J connectivity index is 1.35. The number of ether oxygens (including phenoxy) is 2. The molecule has 0 radical (unpaired) electrons. The van der Waals surface area contributed by atoms with Crippen LogP contribution in [0.1, 0.15) is 32.6 Å². The summed E-state index contributed by atoms with van der Waals surface area (Å²) >= 11 is 0. The first-order valence-electron chi connectivity index (χ1n) is 12.8. The molecule has 0 aliphatic carbocycles. The summed E-state index contributed by atoms with van der Waals surface area (Å²) in [4.78, 5) is 40.1. The summed E-state index contributed by atoms with van der Waals surface area (Å²) in [5.74, 6) is 0.326. The van der Waals surface area contributed by atoms with Crippen LogP contribution in [0.25, 0.3) is 11.3 Å². The second-order valence-corrected chi connectivity index (χ2v) is 9.44. The van der Waals surface area contributed by atoms with E-state index in [9.17, 15) is 14.4 Å². The topological polar surface area (TPSA) is 127 Å². The molecule has 0 unspecified atom stereocenters. The predicted octanol–water partition coefficient (Wildman–Crippen LogP) is 1.53. The second-order valence-electron chi connectivity index (χ2n) is 9.44. The minimum atomic E-state index is -0.980. The maximum Gasteiger partial charge on any atom is 0.409 e. The highest BCUT2D eigenvalue weighted by Crippen LogP contribution is 2.22. The van der Waals surface area contributed by atoms with Crippen molar-refractivity contribution in [2.24, 2.45) is 0 Å². The first-order chi connectivity index (χ1) is 17.9. The summed E-state index contributed by atoms with van der Waals surface area (Å²) in [6.45, 7) is 4.46. The van der Waals surface area contributed by atoms with Gasteiger partial charge in [-0.1, -0.05) is 0 Å². The third-order valence-corrected chi connectivity index (χ3v) is 6.96. The fourth-order valence-corrected chi connectivity index (χ4v) is 4.83. The van der Waals surface area contributed by atoms with Crippen LogP contribution in [0.3, 0.4) is 0 Å². The lowest BCUT2D eigenvalue weighted by Crippen LogP contribution is -2.64. The third kappa shape index (κ3) is 6.59. The van der Waals surface area contributed by atoms with Crippen molar-refractivity contribution in [2.45, 2.75) is 50.7 Å². The van der Waals surface area contributed by atoms with E-state index in [1.54, 1.807) is 29.8 Å². The molecule has 0 spiro atoms. The Bertz CT molecular complexity index is 1070. The molecule has 2 saturated heterocycles. The van der Waals surface area contributed by atoms with Crippen molar-refractivity contribution in [3.63, 3.8) is 0 Å². The molecular formula is C26H36N6O5. The van der Waals surface area contributed by atoms with Crippen LogP contribution in [0.15, 0.2) is 36.5 Å². The van der Waals surface area contributed by atoms with Gasteiger partial charge in [0.2, 0.25) is 11.8 Å². The van der Waals surface area contributed by atoms with E-state index in [0.29, 0.717) is 58.5 Å². The first kappa shape index (κ1) is 26.5.